The molecule has 352 valence electrons. The number of phosphoric ester groups is 1. The van der Waals surface area contributed by atoms with Gasteiger partial charge in [0.15, 0.2) is 23.7 Å². The number of nitrogens with two attached hydrogens (primary N) is 2. The Morgan fingerprint density at radius 3 is 2.27 bits per heavy atom. The number of aliphatic hydroxyl groups excluding tert-OH is 4. The lowest BCUT2D eigenvalue weighted by Gasteiger charge is -2.20. The molecule has 0 aromatic carbocycles. The van der Waals surface area contributed by atoms with Crippen molar-refractivity contribution in [3.05, 3.63) is 45.3 Å². The summed E-state index contributed by atoms with van der Waals surface area (Å²) in [7, 11) is -20.0. The Morgan fingerprint density at radius 1 is 0.875 bits per heavy atom. The van der Waals surface area contributed by atoms with Crippen molar-refractivity contribution in [2.24, 2.45) is 7.05 Å². The molecular formula is C26H39N14O20P4+. The lowest BCUT2D eigenvalue weighted by atomic mass is 10.1. The second kappa shape index (κ2) is 17.9. The van der Waals surface area contributed by atoms with Crippen LogP contribution in [0.15, 0.2) is 28.4 Å². The lowest BCUT2D eigenvalue weighted by molar-refractivity contribution is -0.745. The van der Waals surface area contributed by atoms with Crippen LogP contribution in [0.25, 0.3) is 22.3 Å². The number of anilines is 2. The Labute approximate surface area is 354 Å². The van der Waals surface area contributed by atoms with Crippen LogP contribution in [0, 0.1) is 0 Å². The molecule has 5 aromatic rings. The van der Waals surface area contributed by atoms with E-state index in [1.54, 1.807) is 0 Å². The number of rotatable bonds is 18. The van der Waals surface area contributed by atoms with Gasteiger partial charge in [0, 0.05) is 12.7 Å². The Balaban J connectivity index is 0.860. The summed E-state index contributed by atoms with van der Waals surface area (Å²) in [6.45, 7) is -2.37. The smallest absolute Gasteiger partial charge is 0.387 e. The number of nitrogens with zero attached hydrogens (tertiary/aromatic N) is 9. The lowest BCUT2D eigenvalue weighted by Crippen LogP contribution is -2.46. The molecule has 0 radical (unpaired) electrons. The molecule has 7 heterocycles. The standard InChI is InChI=1S/C26H38N14O20P4/c1-37-9-40(20-14(37)22(46)34-26(28)32-20)24-18(44)16(42)12(58-24)6-56-63(51,52)60-64(53,54)59-61(47,48)7-10-4-38(36-35-10)3-2-30-62(49,50)55-5-11-15(41)17(43)23(57-11)39-8-29-13-19(39)31-25(27)33-21(13)45/h4,8-9,11-12,15-18,23-24,41-44H,2-3,5-7H2,1H3,(H10-,27,28,30,31,32,33,34,45,46,47,48,49,50,51,52,53,54)/p+1/t11-,12-,15?,16?,17+,18+,23-,24-/m1/s1. The Bertz CT molecular complexity index is 2870. The van der Waals surface area contributed by atoms with Crippen LogP contribution < -0.4 is 32.2 Å². The van der Waals surface area contributed by atoms with Crippen LogP contribution >= 0.6 is 31.0 Å². The maximum atomic E-state index is 12.7. The molecule has 0 saturated carbocycles. The second-order valence-corrected chi connectivity index (χ2v) is 20.7. The summed E-state index contributed by atoms with van der Waals surface area (Å²) < 4.78 is 84.3. The topological polar surface area (TPSA) is 498 Å². The van der Waals surface area contributed by atoms with Gasteiger partial charge in [-0.25, -0.2) is 32.6 Å². The number of aliphatic hydroxyl groups is 4. The Morgan fingerprint density at radius 2 is 1.53 bits per heavy atom. The van der Waals surface area contributed by atoms with Crippen molar-refractivity contribution >= 4 is 65.2 Å². The number of ether oxygens (including phenoxy) is 2. The number of nitrogen functional groups attached to an aromatic ring is 2. The van der Waals surface area contributed by atoms with Crippen molar-refractivity contribution in [3.8, 4) is 0 Å². The molecule has 0 amide bonds. The van der Waals surface area contributed by atoms with Crippen molar-refractivity contribution in [1.82, 2.24) is 54.1 Å². The Kier molecular flexibility index (Phi) is 13.3. The molecule has 34 nitrogen and oxygen atoms in total. The number of aryl methyl sites for hydroxylation is 1. The van der Waals surface area contributed by atoms with Crippen molar-refractivity contribution in [1.29, 1.82) is 0 Å². The molecule has 15 N–H and O–H groups in total. The zero-order valence-electron chi connectivity index (χ0n) is 32.3. The average Bonchev–Trinajstić information content (AvgIpc) is 3.98. The van der Waals surface area contributed by atoms with Gasteiger partial charge in [-0.05, 0) is 0 Å². The number of phosphoric acid groups is 2. The van der Waals surface area contributed by atoms with E-state index in [4.69, 9.17) is 25.5 Å². The highest BCUT2D eigenvalue weighted by Gasteiger charge is 2.49. The molecule has 7 rings (SSSR count). The molecule has 6 unspecified atom stereocenters. The molecule has 64 heavy (non-hydrogen) atoms. The van der Waals surface area contributed by atoms with E-state index >= 15 is 0 Å². The largest absolute Gasteiger partial charge is 0.488 e. The predicted molar refractivity (Wildman–Crippen MR) is 205 cm³/mol. The van der Waals surface area contributed by atoms with Crippen LogP contribution in [-0.4, -0.2) is 145 Å². The number of H-pyrrole nitrogens is 2. The maximum absolute atomic E-state index is 12.7. The molecule has 5 aromatic heterocycles. The van der Waals surface area contributed by atoms with E-state index < -0.39 is 111 Å². The van der Waals surface area contributed by atoms with E-state index in [0.29, 0.717) is 0 Å². The molecule has 0 spiro atoms. The highest BCUT2D eigenvalue weighted by molar-refractivity contribution is 7.68. The summed E-state index contributed by atoms with van der Waals surface area (Å²) in [5.74, 6) is -0.538. The second-order valence-electron chi connectivity index (χ2n) is 14.0. The normalized spacial score (nSPS) is 27.7. The zero-order valence-corrected chi connectivity index (χ0v) is 35.9. The number of aromatic nitrogens is 11. The van der Waals surface area contributed by atoms with Gasteiger partial charge in [-0.2, -0.15) is 9.29 Å². The summed E-state index contributed by atoms with van der Waals surface area (Å²) in [4.78, 5) is 81.6. The van der Waals surface area contributed by atoms with Gasteiger partial charge in [-0.15, -0.1) is 5.10 Å². The summed E-state index contributed by atoms with van der Waals surface area (Å²) in [5.41, 5.74) is 9.31. The van der Waals surface area contributed by atoms with Gasteiger partial charge in [-0.3, -0.25) is 47.0 Å². The highest BCUT2D eigenvalue weighted by atomic mass is 31.3. The molecular weight excluding hydrogens is 952 g/mol. The molecule has 12 atom stereocenters. The molecule has 0 bridgehead atoms. The first-order valence-electron chi connectivity index (χ1n) is 18.0. The van der Waals surface area contributed by atoms with Gasteiger partial charge in [0.05, 0.1) is 45.0 Å². The van der Waals surface area contributed by atoms with Gasteiger partial charge in [-0.1, -0.05) is 10.2 Å². The number of nitrogens with one attached hydrogen (secondary N) is 3. The monoisotopic (exact) mass is 991 g/mol. The van der Waals surface area contributed by atoms with Crippen molar-refractivity contribution in [3.63, 3.8) is 0 Å². The van der Waals surface area contributed by atoms with E-state index in [1.165, 1.54) is 17.9 Å². The number of imidazole rings is 2. The summed E-state index contributed by atoms with van der Waals surface area (Å²) >= 11 is 0. The van der Waals surface area contributed by atoms with Crippen LogP contribution in [0.1, 0.15) is 18.1 Å². The van der Waals surface area contributed by atoms with E-state index in [0.717, 1.165) is 26.3 Å². The van der Waals surface area contributed by atoms with Gasteiger partial charge in [0.2, 0.25) is 17.7 Å². The number of hydrogen-bond donors (Lipinski definition) is 13. The van der Waals surface area contributed by atoms with Gasteiger partial charge in [0.25, 0.3) is 17.1 Å². The number of hydrogen-bond acceptors (Lipinski definition) is 23. The fourth-order valence-electron chi connectivity index (χ4n) is 6.56. The van der Waals surface area contributed by atoms with Crippen LogP contribution in [0.2, 0.25) is 0 Å². The molecule has 2 aliphatic heterocycles. The predicted octanol–water partition coefficient (Wildman–Crippen LogP) is -4.98. The summed E-state index contributed by atoms with van der Waals surface area (Å²) in [5, 5.41) is 51.7. The first-order chi connectivity index (χ1) is 29.8. The molecule has 2 fully saturated rings. The van der Waals surface area contributed by atoms with E-state index in [2.05, 4.69) is 53.5 Å². The maximum Gasteiger partial charge on any atom is 0.488 e. The van der Waals surface area contributed by atoms with Crippen molar-refractivity contribution in [2.75, 3.05) is 31.2 Å². The SMILES string of the molecule is Cn1c[n+]([C@@H]2O[C@H](COP(=O)(O)OP(=O)(O)OP(=O)(O)Cc3cn(CCNP(=O)(O)OC[C@H]4O[C@@H](n5cnc6c(=O)[nH]c(N)nc65)[C@@H](O)C4O)nn3)C(O)[C@@H]2O)c2nc(N)[nH]c(=O)c21. The van der Waals surface area contributed by atoms with E-state index in [9.17, 15) is 67.8 Å². The minimum absolute atomic E-state index is 0.00940. The Hall–Kier alpha value is -4.24. The number of fused-ring (bicyclic) bond motifs is 2. The minimum Gasteiger partial charge on any atom is -0.387 e. The van der Waals surface area contributed by atoms with E-state index in [-0.39, 0.29) is 53.0 Å². The molecule has 38 heteroatoms. The third-order valence-electron chi connectivity index (χ3n) is 9.32. The van der Waals surface area contributed by atoms with Crippen molar-refractivity contribution < 1.29 is 90.0 Å². The third-order valence-corrected chi connectivity index (χ3v) is 15.1. The first-order valence-corrected chi connectivity index (χ1v) is 24.3. The fourth-order valence-corrected chi connectivity index (χ4v) is 11.4. The molecule has 2 aliphatic rings. The number of aromatic amines is 2. The van der Waals surface area contributed by atoms with Gasteiger partial charge >= 0.3 is 36.6 Å². The first kappa shape index (κ1) is 47.7. The van der Waals surface area contributed by atoms with Gasteiger partial charge in [0.1, 0.15) is 36.6 Å². The quantitative estimate of drug-likeness (QED) is 0.0289. The fraction of sp³-hybridized carbons (Fsp3) is 0.538. The third kappa shape index (κ3) is 10.4. The summed E-state index contributed by atoms with van der Waals surface area (Å²) in [6.07, 6.45) is -10.2. The highest BCUT2D eigenvalue weighted by Crippen LogP contribution is 2.68. The van der Waals surface area contributed by atoms with Crippen LogP contribution in [0.3, 0.4) is 0 Å². The average molecular weight is 992 g/mol. The zero-order chi connectivity index (χ0) is 46.7. The van der Waals surface area contributed by atoms with Crippen molar-refractivity contribution in [2.45, 2.75) is 61.8 Å². The molecule has 2 saturated heterocycles. The molecule has 0 aliphatic carbocycles. The van der Waals surface area contributed by atoms with Crippen LogP contribution in [0.4, 0.5) is 11.9 Å². The van der Waals surface area contributed by atoms with Crippen LogP contribution in [-0.2, 0) is 65.2 Å². The van der Waals surface area contributed by atoms with Crippen LogP contribution in [0.5, 0.6) is 0 Å². The summed E-state index contributed by atoms with van der Waals surface area (Å²) in [6, 6.07) is 0. The van der Waals surface area contributed by atoms with E-state index in [1.807, 2.05) is 0 Å². The minimum atomic E-state index is -5.90. The van der Waals surface area contributed by atoms with Gasteiger partial charge < -0.3 is 60.9 Å².